The Balaban J connectivity index is 2.25. The Labute approximate surface area is 209 Å². The van der Waals surface area contributed by atoms with Gasteiger partial charge >= 0.3 is 13.7 Å². The van der Waals surface area contributed by atoms with Gasteiger partial charge < -0.3 is 24.0 Å². The summed E-state index contributed by atoms with van der Waals surface area (Å²) < 4.78 is 29.9. The van der Waals surface area contributed by atoms with Gasteiger partial charge in [-0.3, -0.25) is 19.1 Å². The van der Waals surface area contributed by atoms with Crippen molar-refractivity contribution in [1.82, 2.24) is 15.1 Å². The molecule has 35 heavy (non-hydrogen) atoms. The Morgan fingerprint density at radius 2 is 1.63 bits per heavy atom. The molecular formula is C24H44N3O7P. The summed E-state index contributed by atoms with van der Waals surface area (Å²) in [5, 5.41) is 1.86. The lowest BCUT2D eigenvalue weighted by molar-refractivity contribution is -0.145. The van der Waals surface area contributed by atoms with Crippen LogP contribution in [0.1, 0.15) is 81.1 Å². The van der Waals surface area contributed by atoms with Gasteiger partial charge in [0.1, 0.15) is 23.0 Å². The van der Waals surface area contributed by atoms with Crippen molar-refractivity contribution < 1.29 is 32.7 Å². The molecule has 2 rings (SSSR count). The van der Waals surface area contributed by atoms with E-state index in [9.17, 15) is 18.9 Å². The van der Waals surface area contributed by atoms with Gasteiger partial charge in [0.25, 0.3) is 0 Å². The van der Waals surface area contributed by atoms with E-state index in [1.165, 1.54) is 9.80 Å². The predicted octanol–water partition coefficient (Wildman–Crippen LogP) is 4.13. The third kappa shape index (κ3) is 6.77. The number of rotatable bonds is 9. The lowest BCUT2D eigenvalue weighted by Gasteiger charge is -2.40. The zero-order chi connectivity index (χ0) is 26.8. The highest BCUT2D eigenvalue weighted by atomic mass is 31.2. The number of amides is 3. The quantitative estimate of drug-likeness (QED) is 0.457. The van der Waals surface area contributed by atoms with Crippen LogP contribution in [0.3, 0.4) is 0 Å². The smallest absolute Gasteiger partial charge is 0.410 e. The third-order valence-electron chi connectivity index (χ3n) is 6.16. The number of ether oxygens (including phenoxy) is 1. The highest BCUT2D eigenvalue weighted by molar-refractivity contribution is 7.56. The largest absolute Gasteiger partial charge is 0.444 e. The average molecular weight is 518 g/mol. The molecule has 3 amide bonds. The van der Waals surface area contributed by atoms with E-state index in [1.54, 1.807) is 41.7 Å². The maximum absolute atomic E-state index is 13.8. The molecule has 202 valence electrons. The summed E-state index contributed by atoms with van der Waals surface area (Å²) in [4.78, 5) is 42.8. The van der Waals surface area contributed by atoms with Gasteiger partial charge in [-0.25, -0.2) is 4.79 Å². The number of carbonyl (C=O) groups excluding carboxylic acids is 3. The van der Waals surface area contributed by atoms with Crippen LogP contribution in [-0.2, 0) is 27.9 Å². The molecule has 0 aromatic heterocycles. The second kappa shape index (κ2) is 10.8. The molecule has 0 aromatic rings. The van der Waals surface area contributed by atoms with E-state index in [1.807, 2.05) is 20.8 Å². The Bertz CT molecular complexity index is 835. The van der Waals surface area contributed by atoms with Crippen molar-refractivity contribution in [2.24, 2.45) is 5.41 Å². The molecule has 1 heterocycles. The molecule has 11 heteroatoms. The van der Waals surface area contributed by atoms with Gasteiger partial charge in [-0.05, 0) is 65.7 Å². The van der Waals surface area contributed by atoms with Gasteiger partial charge in [-0.1, -0.05) is 20.8 Å². The van der Waals surface area contributed by atoms with Crippen molar-refractivity contribution in [3.8, 4) is 0 Å². The van der Waals surface area contributed by atoms with E-state index in [4.69, 9.17) is 13.8 Å². The second-order valence-electron chi connectivity index (χ2n) is 11.4. The van der Waals surface area contributed by atoms with Crippen LogP contribution < -0.4 is 5.32 Å². The second-order valence-corrected chi connectivity index (χ2v) is 13.8. The van der Waals surface area contributed by atoms with Crippen molar-refractivity contribution in [1.29, 1.82) is 0 Å². The fraction of sp³-hybridized carbons (Fsp3) is 0.875. The van der Waals surface area contributed by atoms with Crippen LogP contribution in [0.15, 0.2) is 0 Å². The maximum Gasteiger partial charge on any atom is 0.410 e. The molecule has 1 saturated carbocycles. The minimum atomic E-state index is -3.55. The maximum atomic E-state index is 13.8. The number of nitrogens with zero attached hydrogens (tertiary/aromatic N) is 2. The lowest BCUT2D eigenvalue weighted by Crippen LogP contribution is -2.59. The van der Waals surface area contributed by atoms with Gasteiger partial charge in [0.05, 0.1) is 13.2 Å². The molecule has 1 aliphatic heterocycles. The van der Waals surface area contributed by atoms with Gasteiger partial charge in [-0.15, -0.1) is 0 Å². The lowest BCUT2D eigenvalue weighted by atomic mass is 9.84. The first-order valence-electron chi connectivity index (χ1n) is 12.5. The van der Waals surface area contributed by atoms with Crippen LogP contribution in [0.4, 0.5) is 4.79 Å². The van der Waals surface area contributed by atoms with Gasteiger partial charge in [0.2, 0.25) is 11.8 Å². The summed E-state index contributed by atoms with van der Waals surface area (Å²) in [7, 11) is -2.00. The summed E-state index contributed by atoms with van der Waals surface area (Å²) in [6, 6.07) is -1.56. The molecule has 2 fully saturated rings. The van der Waals surface area contributed by atoms with Crippen molar-refractivity contribution in [3.63, 3.8) is 0 Å². The fourth-order valence-corrected chi connectivity index (χ4v) is 6.69. The normalized spacial score (nSPS) is 20.8. The molecule has 2 aliphatic rings. The van der Waals surface area contributed by atoms with Crippen LogP contribution in [0.5, 0.6) is 0 Å². The van der Waals surface area contributed by atoms with Crippen LogP contribution in [-0.4, -0.2) is 77.5 Å². The van der Waals surface area contributed by atoms with E-state index >= 15 is 0 Å². The van der Waals surface area contributed by atoms with E-state index in [-0.39, 0.29) is 25.0 Å². The Morgan fingerprint density at radius 3 is 2.06 bits per heavy atom. The molecule has 2 atom stereocenters. The Kier molecular flexibility index (Phi) is 9.10. The summed E-state index contributed by atoms with van der Waals surface area (Å²) in [6.07, 6.45) is 1.51. The molecule has 1 aliphatic carbocycles. The number of likely N-dealkylation sites (tertiary alicyclic amines) is 1. The Morgan fingerprint density at radius 1 is 1.09 bits per heavy atom. The number of likely N-dealkylation sites (N-methyl/N-ethyl adjacent to an activating group) is 1. The number of hydrogen-bond donors (Lipinski definition) is 1. The zero-order valence-electron chi connectivity index (χ0n) is 22.8. The molecule has 0 aromatic carbocycles. The number of hydrogen-bond acceptors (Lipinski definition) is 7. The molecule has 10 nitrogen and oxygen atoms in total. The molecule has 0 spiro atoms. The first kappa shape index (κ1) is 29.6. The van der Waals surface area contributed by atoms with E-state index in [0.29, 0.717) is 32.2 Å². The average Bonchev–Trinajstić information content (AvgIpc) is 3.32. The van der Waals surface area contributed by atoms with Gasteiger partial charge in [0.15, 0.2) is 0 Å². The fourth-order valence-electron chi connectivity index (χ4n) is 4.54. The van der Waals surface area contributed by atoms with Crippen LogP contribution >= 0.6 is 7.60 Å². The van der Waals surface area contributed by atoms with Crippen LogP contribution in [0.2, 0.25) is 0 Å². The highest BCUT2D eigenvalue weighted by Crippen LogP contribution is 2.69. The van der Waals surface area contributed by atoms with Crippen molar-refractivity contribution in [2.45, 2.75) is 104 Å². The van der Waals surface area contributed by atoms with E-state index in [2.05, 4.69) is 5.32 Å². The first-order chi connectivity index (χ1) is 16.0. The van der Waals surface area contributed by atoms with Crippen molar-refractivity contribution in [2.75, 3.05) is 26.8 Å². The predicted molar refractivity (Wildman–Crippen MR) is 133 cm³/mol. The highest BCUT2D eigenvalue weighted by Gasteiger charge is 2.62. The minimum Gasteiger partial charge on any atom is -0.444 e. The molecule has 0 unspecified atom stereocenters. The molecule has 0 radical (unpaired) electrons. The summed E-state index contributed by atoms with van der Waals surface area (Å²) in [5.41, 5.74) is -1.32. The molecular weight excluding hydrogens is 473 g/mol. The SMILES string of the molecule is CCOP(=O)(OCC)C1(NC(=O)[C@@H]2CCCN2C(=O)[C@@H](N(C)C(=O)OC(C)(C)C)C(C)(C)C)CC1. The summed E-state index contributed by atoms with van der Waals surface area (Å²) >= 11 is 0. The van der Waals surface area contributed by atoms with E-state index in [0.717, 1.165) is 0 Å². The van der Waals surface area contributed by atoms with Crippen LogP contribution in [0.25, 0.3) is 0 Å². The third-order valence-corrected chi connectivity index (χ3v) is 8.97. The molecule has 0 bridgehead atoms. The standard InChI is InChI=1S/C24H44N3O7P/c1-10-32-35(31,33-11-2)24(14-15-24)25-19(28)17-13-12-16-27(17)20(29)18(22(3,4)5)26(9)21(30)34-23(6,7)8/h17-18H,10-16H2,1-9H3,(H,25,28)/t17-,18+/m0/s1. The van der Waals surface area contributed by atoms with E-state index < -0.39 is 42.1 Å². The van der Waals surface area contributed by atoms with Crippen molar-refractivity contribution in [3.05, 3.63) is 0 Å². The molecule has 1 saturated heterocycles. The zero-order valence-corrected chi connectivity index (χ0v) is 23.7. The van der Waals surface area contributed by atoms with Crippen molar-refractivity contribution >= 4 is 25.5 Å². The number of carbonyl (C=O) groups is 3. The first-order valence-corrected chi connectivity index (χ1v) is 14.0. The van der Waals surface area contributed by atoms with Crippen LogP contribution in [0, 0.1) is 5.41 Å². The van der Waals surface area contributed by atoms with Gasteiger partial charge in [0, 0.05) is 13.6 Å². The summed E-state index contributed by atoms with van der Waals surface area (Å²) in [5.74, 6) is -0.688. The number of nitrogens with one attached hydrogen (secondary N) is 1. The topological polar surface area (TPSA) is 114 Å². The minimum absolute atomic E-state index is 0.202. The Hall–Kier alpha value is -1.64. The van der Waals surface area contributed by atoms with Gasteiger partial charge in [-0.2, -0.15) is 0 Å². The monoisotopic (exact) mass is 517 g/mol. The molecule has 1 N–H and O–H groups in total. The summed E-state index contributed by atoms with van der Waals surface area (Å²) in [6.45, 7) is 15.2.